The monoisotopic (exact) mass is 561 g/mol. The normalized spacial score (nSPS) is 10.7. The lowest BCUT2D eigenvalue weighted by Gasteiger charge is -2.18. The highest BCUT2D eigenvalue weighted by atomic mass is 127. The van der Waals surface area contributed by atoms with E-state index in [4.69, 9.17) is 4.65 Å². The first-order chi connectivity index (χ1) is 12.7. The lowest BCUT2D eigenvalue weighted by molar-refractivity contribution is 0.597. The summed E-state index contributed by atoms with van der Waals surface area (Å²) in [7, 11) is 0. The third-order valence-corrected chi connectivity index (χ3v) is 5.62. The molecule has 4 rings (SSSR count). The number of rotatable bonds is 4. The molecule has 1 heterocycles. The van der Waals surface area contributed by atoms with Gasteiger partial charge in [-0.15, -0.1) is 0 Å². The van der Waals surface area contributed by atoms with E-state index in [-0.39, 0.29) is 6.92 Å². The van der Waals surface area contributed by atoms with Crippen molar-refractivity contribution in [1.29, 1.82) is 0 Å². The van der Waals surface area contributed by atoms with Crippen LogP contribution in [0.25, 0.3) is 10.9 Å². The molecule has 0 atom stereocenters. The maximum atomic E-state index is 6.51. The number of para-hydroxylation sites is 1. The van der Waals surface area contributed by atoms with E-state index in [0.29, 0.717) is 0 Å². The molecule has 26 heavy (non-hydrogen) atoms. The minimum atomic E-state index is -0.184. The highest BCUT2D eigenvalue weighted by Crippen LogP contribution is 2.23. The van der Waals surface area contributed by atoms with Gasteiger partial charge >= 0.3 is 6.92 Å². The summed E-state index contributed by atoms with van der Waals surface area (Å²) < 4.78 is 8.93. The van der Waals surface area contributed by atoms with Gasteiger partial charge in [-0.1, -0.05) is 42.5 Å². The van der Waals surface area contributed by atoms with Crippen LogP contribution < -0.4 is 15.6 Å². The second kappa shape index (κ2) is 7.96. The zero-order chi connectivity index (χ0) is 17.9. The van der Waals surface area contributed by atoms with Gasteiger partial charge in [0.1, 0.15) is 11.3 Å². The van der Waals surface area contributed by atoms with Crippen molar-refractivity contribution in [3.05, 3.63) is 92.2 Å². The molecule has 0 spiro atoms. The maximum absolute atomic E-state index is 6.51. The fraction of sp³-hybridized carbons (Fsp3) is 0. The highest BCUT2D eigenvalue weighted by molar-refractivity contribution is 14.1. The standard InChI is InChI=1S/C21H14BI2NO/c23-18-10-6-16(7-11-18)22(17-8-12-19(24)13-9-17)26-20-5-1-3-15-4-2-14-25-21(15)20/h1-14H. The number of nitrogens with zero attached hydrogens (tertiary/aromatic N) is 1. The molecule has 0 aliphatic carbocycles. The van der Waals surface area contributed by atoms with Crippen LogP contribution in [0.2, 0.25) is 0 Å². The molecule has 0 aliphatic heterocycles. The number of hydrogen-bond donors (Lipinski definition) is 0. The molecule has 126 valence electrons. The van der Waals surface area contributed by atoms with Crippen molar-refractivity contribution in [2.45, 2.75) is 0 Å². The van der Waals surface area contributed by atoms with Gasteiger partial charge in [0.05, 0.1) is 0 Å². The van der Waals surface area contributed by atoms with Crippen LogP contribution in [0.1, 0.15) is 0 Å². The Bertz CT molecular complexity index is 985. The molecular formula is C21H14BI2NO. The number of benzene rings is 3. The average Bonchev–Trinajstić information content (AvgIpc) is 2.68. The number of fused-ring (bicyclic) bond motifs is 1. The van der Waals surface area contributed by atoms with E-state index in [1.807, 2.05) is 18.2 Å². The lowest BCUT2D eigenvalue weighted by atomic mass is 9.55. The van der Waals surface area contributed by atoms with Gasteiger partial charge in [-0.05, 0) is 92.5 Å². The molecule has 0 N–H and O–H groups in total. The van der Waals surface area contributed by atoms with Gasteiger partial charge in [0.2, 0.25) is 0 Å². The predicted molar refractivity (Wildman–Crippen MR) is 126 cm³/mol. The Morgan fingerprint density at radius 3 is 1.88 bits per heavy atom. The van der Waals surface area contributed by atoms with Crippen molar-refractivity contribution in [2.24, 2.45) is 0 Å². The quantitative estimate of drug-likeness (QED) is 0.268. The molecule has 1 aromatic heterocycles. The summed E-state index contributed by atoms with van der Waals surface area (Å²) in [4.78, 5) is 4.52. The fourth-order valence-electron chi connectivity index (χ4n) is 2.90. The zero-order valence-electron chi connectivity index (χ0n) is 13.8. The summed E-state index contributed by atoms with van der Waals surface area (Å²) >= 11 is 4.64. The van der Waals surface area contributed by atoms with Crippen LogP contribution in [0.3, 0.4) is 0 Å². The van der Waals surface area contributed by atoms with Crippen molar-refractivity contribution in [1.82, 2.24) is 4.98 Å². The minimum absolute atomic E-state index is 0.184. The molecule has 2 nitrogen and oxygen atoms in total. The van der Waals surface area contributed by atoms with Crippen LogP contribution in [0.4, 0.5) is 0 Å². The van der Waals surface area contributed by atoms with E-state index in [1.54, 1.807) is 6.20 Å². The topological polar surface area (TPSA) is 22.1 Å². The molecule has 3 aromatic carbocycles. The number of aromatic nitrogens is 1. The van der Waals surface area contributed by atoms with Gasteiger partial charge in [0.25, 0.3) is 0 Å². The summed E-state index contributed by atoms with van der Waals surface area (Å²) in [6.45, 7) is -0.184. The van der Waals surface area contributed by atoms with Crippen LogP contribution in [0.15, 0.2) is 85.1 Å². The summed E-state index contributed by atoms with van der Waals surface area (Å²) in [6, 6.07) is 27.0. The van der Waals surface area contributed by atoms with E-state index in [1.165, 1.54) is 7.14 Å². The number of pyridine rings is 1. The molecule has 0 saturated heterocycles. The number of hydrogen-bond acceptors (Lipinski definition) is 2. The Kier molecular flexibility index (Phi) is 5.45. The third-order valence-electron chi connectivity index (χ3n) is 4.19. The Labute approximate surface area is 180 Å². The van der Waals surface area contributed by atoms with Gasteiger partial charge in [-0.25, -0.2) is 0 Å². The SMILES string of the molecule is Ic1ccc(B(Oc2cccc3cccnc23)c2ccc(I)cc2)cc1. The van der Waals surface area contributed by atoms with Crippen molar-refractivity contribution >= 4 is 73.9 Å². The third kappa shape index (κ3) is 3.88. The minimum Gasteiger partial charge on any atom is -0.550 e. The molecule has 0 radical (unpaired) electrons. The van der Waals surface area contributed by atoms with Crippen molar-refractivity contribution in [3.63, 3.8) is 0 Å². The molecule has 0 fully saturated rings. The zero-order valence-corrected chi connectivity index (χ0v) is 18.1. The Balaban J connectivity index is 1.79. The molecule has 4 aromatic rings. The van der Waals surface area contributed by atoms with Crippen LogP contribution in [-0.4, -0.2) is 11.9 Å². The molecule has 0 aliphatic rings. The Morgan fingerprint density at radius 1 is 0.692 bits per heavy atom. The first kappa shape index (κ1) is 17.8. The smallest absolute Gasteiger partial charge is 0.426 e. The fourth-order valence-corrected chi connectivity index (χ4v) is 3.62. The number of halogens is 2. The van der Waals surface area contributed by atoms with Crippen LogP contribution >= 0.6 is 45.2 Å². The summed E-state index contributed by atoms with van der Waals surface area (Å²) in [5.41, 5.74) is 3.13. The Morgan fingerprint density at radius 2 is 1.27 bits per heavy atom. The summed E-state index contributed by atoms with van der Waals surface area (Å²) in [5.74, 6) is 0.796. The van der Waals surface area contributed by atoms with Crippen LogP contribution in [0.5, 0.6) is 5.75 Å². The van der Waals surface area contributed by atoms with Gasteiger partial charge in [0.15, 0.2) is 0 Å². The van der Waals surface area contributed by atoms with Crippen LogP contribution in [0, 0.1) is 7.14 Å². The second-order valence-corrected chi connectivity index (χ2v) is 8.42. The second-order valence-electron chi connectivity index (χ2n) is 5.93. The maximum Gasteiger partial charge on any atom is 0.426 e. The van der Waals surface area contributed by atoms with E-state index in [2.05, 4.69) is 111 Å². The predicted octanol–water partition coefficient (Wildman–Crippen LogP) is 4.63. The largest absolute Gasteiger partial charge is 0.550 e. The van der Waals surface area contributed by atoms with Crippen LogP contribution in [-0.2, 0) is 0 Å². The van der Waals surface area contributed by atoms with Gasteiger partial charge in [0, 0.05) is 18.7 Å². The summed E-state index contributed by atoms with van der Waals surface area (Å²) in [6.07, 6.45) is 1.81. The molecule has 0 unspecified atom stereocenters. The molecular weight excluding hydrogens is 547 g/mol. The van der Waals surface area contributed by atoms with Gasteiger partial charge < -0.3 is 4.65 Å². The Hall–Kier alpha value is -1.61. The first-order valence-electron chi connectivity index (χ1n) is 8.22. The molecule has 0 bridgehead atoms. The van der Waals surface area contributed by atoms with Crippen molar-refractivity contribution < 1.29 is 4.65 Å². The average molecular weight is 561 g/mol. The lowest BCUT2D eigenvalue weighted by Crippen LogP contribution is -2.47. The van der Waals surface area contributed by atoms with E-state index >= 15 is 0 Å². The van der Waals surface area contributed by atoms with E-state index in [9.17, 15) is 0 Å². The van der Waals surface area contributed by atoms with E-state index in [0.717, 1.165) is 27.6 Å². The van der Waals surface area contributed by atoms with Gasteiger partial charge in [-0.2, -0.15) is 0 Å². The van der Waals surface area contributed by atoms with Crippen molar-refractivity contribution in [2.75, 3.05) is 0 Å². The highest BCUT2D eigenvalue weighted by Gasteiger charge is 2.24. The molecule has 0 amide bonds. The summed E-state index contributed by atoms with van der Waals surface area (Å²) in [5, 5.41) is 1.08. The first-order valence-corrected chi connectivity index (χ1v) is 10.4. The van der Waals surface area contributed by atoms with Crippen molar-refractivity contribution in [3.8, 4) is 5.75 Å². The van der Waals surface area contributed by atoms with E-state index < -0.39 is 0 Å². The molecule has 0 saturated carbocycles. The van der Waals surface area contributed by atoms with Gasteiger partial charge in [-0.3, -0.25) is 4.98 Å². The molecule has 5 heteroatoms.